The second kappa shape index (κ2) is 6.53. The van der Waals surface area contributed by atoms with Gasteiger partial charge in [-0.2, -0.15) is 0 Å². The number of aryl methyl sites for hydroxylation is 2. The predicted molar refractivity (Wildman–Crippen MR) is 90.8 cm³/mol. The smallest absolute Gasteiger partial charge is 0.341 e. The van der Waals surface area contributed by atoms with Gasteiger partial charge in [0.25, 0.3) is 0 Å². The zero-order valence-corrected chi connectivity index (χ0v) is 13.9. The first-order chi connectivity index (χ1) is 10.7. The zero-order chi connectivity index (χ0) is 15.5. The summed E-state index contributed by atoms with van der Waals surface area (Å²) >= 11 is 1.71. The second-order valence-corrected chi connectivity index (χ2v) is 6.73. The molecule has 0 amide bonds. The summed E-state index contributed by atoms with van der Waals surface area (Å²) in [5.41, 5.74) is 4.45. The van der Waals surface area contributed by atoms with Crippen LogP contribution in [0.5, 0.6) is 0 Å². The van der Waals surface area contributed by atoms with Crippen LogP contribution in [0.3, 0.4) is 0 Å². The standard InChI is InChI=1S/C18H21NO2S/c1-3-21-18(20)16-14-5-4-6-15(14)22-17(16)19-11-13-9-7-12(2)8-10-13/h7-10,19H,3-6,11H2,1-2H3. The summed E-state index contributed by atoms with van der Waals surface area (Å²) in [5, 5.41) is 4.40. The Morgan fingerprint density at radius 2 is 2.05 bits per heavy atom. The molecule has 3 rings (SSSR count). The van der Waals surface area contributed by atoms with Gasteiger partial charge in [-0.05, 0) is 44.2 Å². The molecule has 2 aromatic rings. The molecular formula is C18H21NO2S. The van der Waals surface area contributed by atoms with Gasteiger partial charge in [0.15, 0.2) is 0 Å². The maximum absolute atomic E-state index is 12.3. The van der Waals surface area contributed by atoms with E-state index in [-0.39, 0.29) is 5.97 Å². The van der Waals surface area contributed by atoms with Gasteiger partial charge in [0.1, 0.15) is 5.00 Å². The van der Waals surface area contributed by atoms with Crippen molar-refractivity contribution in [3.63, 3.8) is 0 Å². The first-order valence-electron chi connectivity index (χ1n) is 7.80. The first-order valence-corrected chi connectivity index (χ1v) is 8.61. The predicted octanol–water partition coefficient (Wildman–Crippen LogP) is 4.33. The first kappa shape index (κ1) is 15.1. The van der Waals surface area contributed by atoms with E-state index < -0.39 is 0 Å². The van der Waals surface area contributed by atoms with Gasteiger partial charge in [0.05, 0.1) is 12.2 Å². The van der Waals surface area contributed by atoms with E-state index in [0.717, 1.165) is 36.4 Å². The molecule has 0 saturated heterocycles. The third kappa shape index (κ3) is 3.02. The number of ether oxygens (including phenoxy) is 1. The van der Waals surface area contributed by atoms with E-state index in [9.17, 15) is 4.79 Å². The number of carbonyl (C=O) groups is 1. The molecule has 1 aliphatic rings. The van der Waals surface area contributed by atoms with E-state index >= 15 is 0 Å². The van der Waals surface area contributed by atoms with Gasteiger partial charge in [0, 0.05) is 11.4 Å². The minimum absolute atomic E-state index is 0.187. The van der Waals surface area contributed by atoms with Gasteiger partial charge in [-0.3, -0.25) is 0 Å². The van der Waals surface area contributed by atoms with Crippen molar-refractivity contribution in [1.29, 1.82) is 0 Å². The van der Waals surface area contributed by atoms with E-state index in [2.05, 4.69) is 36.5 Å². The Morgan fingerprint density at radius 3 is 2.77 bits per heavy atom. The van der Waals surface area contributed by atoms with Gasteiger partial charge in [-0.25, -0.2) is 4.79 Å². The zero-order valence-electron chi connectivity index (χ0n) is 13.1. The van der Waals surface area contributed by atoms with Crippen LogP contribution in [0.15, 0.2) is 24.3 Å². The van der Waals surface area contributed by atoms with Crippen molar-refractivity contribution in [2.75, 3.05) is 11.9 Å². The Labute approximate surface area is 135 Å². The number of rotatable bonds is 5. The summed E-state index contributed by atoms with van der Waals surface area (Å²) < 4.78 is 5.25. The van der Waals surface area contributed by atoms with E-state index in [1.807, 2.05) is 6.92 Å². The number of carbonyl (C=O) groups excluding carboxylic acids is 1. The number of anilines is 1. The number of esters is 1. The Morgan fingerprint density at radius 1 is 1.27 bits per heavy atom. The highest BCUT2D eigenvalue weighted by Crippen LogP contribution is 2.39. The normalized spacial score (nSPS) is 13.0. The molecule has 116 valence electrons. The topological polar surface area (TPSA) is 38.3 Å². The van der Waals surface area contributed by atoms with E-state index in [0.29, 0.717) is 6.61 Å². The number of hydrogen-bond acceptors (Lipinski definition) is 4. The van der Waals surface area contributed by atoms with Gasteiger partial charge in [-0.15, -0.1) is 11.3 Å². The molecule has 1 aromatic carbocycles. The minimum Gasteiger partial charge on any atom is -0.462 e. The average molecular weight is 315 g/mol. The molecule has 1 N–H and O–H groups in total. The van der Waals surface area contributed by atoms with Crippen LogP contribution in [-0.2, 0) is 24.1 Å². The monoisotopic (exact) mass is 315 g/mol. The van der Waals surface area contributed by atoms with Crippen molar-refractivity contribution in [3.8, 4) is 0 Å². The molecule has 0 aliphatic heterocycles. The third-order valence-corrected chi connectivity index (χ3v) is 5.22. The summed E-state index contributed by atoms with van der Waals surface area (Å²) in [6.45, 7) is 5.08. The van der Waals surface area contributed by atoms with Crippen LogP contribution < -0.4 is 5.32 Å². The maximum Gasteiger partial charge on any atom is 0.341 e. The SMILES string of the molecule is CCOC(=O)c1c(NCc2ccc(C)cc2)sc2c1CCC2. The van der Waals surface area contributed by atoms with E-state index in [1.165, 1.54) is 21.6 Å². The molecule has 0 bridgehead atoms. The summed E-state index contributed by atoms with van der Waals surface area (Å²) in [4.78, 5) is 13.6. The molecule has 1 heterocycles. The van der Waals surface area contributed by atoms with Gasteiger partial charge < -0.3 is 10.1 Å². The molecule has 0 atom stereocenters. The summed E-state index contributed by atoms with van der Waals surface area (Å²) in [6, 6.07) is 8.46. The molecule has 22 heavy (non-hydrogen) atoms. The van der Waals surface area contributed by atoms with Crippen LogP contribution in [0.1, 0.15) is 45.3 Å². The third-order valence-electron chi connectivity index (χ3n) is 3.97. The van der Waals surface area contributed by atoms with E-state index in [1.54, 1.807) is 11.3 Å². The highest BCUT2D eigenvalue weighted by Gasteiger charge is 2.27. The lowest BCUT2D eigenvalue weighted by Crippen LogP contribution is -2.09. The number of fused-ring (bicyclic) bond motifs is 1. The number of benzene rings is 1. The quantitative estimate of drug-likeness (QED) is 0.834. The van der Waals surface area contributed by atoms with Crippen molar-refractivity contribution in [1.82, 2.24) is 0 Å². The maximum atomic E-state index is 12.3. The fraction of sp³-hybridized carbons (Fsp3) is 0.389. The molecule has 0 saturated carbocycles. The fourth-order valence-electron chi connectivity index (χ4n) is 2.84. The average Bonchev–Trinajstić information content (AvgIpc) is 3.07. The van der Waals surface area contributed by atoms with Crippen LogP contribution >= 0.6 is 11.3 Å². The van der Waals surface area contributed by atoms with Crippen molar-refractivity contribution in [2.45, 2.75) is 39.7 Å². The van der Waals surface area contributed by atoms with Gasteiger partial charge >= 0.3 is 5.97 Å². The Kier molecular flexibility index (Phi) is 4.48. The molecule has 0 unspecified atom stereocenters. The molecule has 0 radical (unpaired) electrons. The van der Waals surface area contributed by atoms with Crippen molar-refractivity contribution in [2.24, 2.45) is 0 Å². The summed E-state index contributed by atoms with van der Waals surface area (Å²) in [7, 11) is 0. The van der Waals surface area contributed by atoms with Crippen molar-refractivity contribution < 1.29 is 9.53 Å². The fourth-order valence-corrected chi connectivity index (χ4v) is 4.11. The second-order valence-electron chi connectivity index (χ2n) is 5.62. The Bertz CT molecular complexity index is 673. The lowest BCUT2D eigenvalue weighted by Gasteiger charge is -2.09. The number of nitrogens with one attached hydrogen (secondary N) is 1. The molecular weight excluding hydrogens is 294 g/mol. The lowest BCUT2D eigenvalue weighted by atomic mass is 10.1. The summed E-state index contributed by atoms with van der Waals surface area (Å²) in [5.74, 6) is -0.187. The van der Waals surface area contributed by atoms with Crippen LogP contribution in [0.4, 0.5) is 5.00 Å². The van der Waals surface area contributed by atoms with Gasteiger partial charge in [-0.1, -0.05) is 29.8 Å². The number of thiophene rings is 1. The molecule has 0 spiro atoms. The molecule has 3 nitrogen and oxygen atoms in total. The Balaban J connectivity index is 1.81. The largest absolute Gasteiger partial charge is 0.462 e. The summed E-state index contributed by atoms with van der Waals surface area (Å²) in [6.07, 6.45) is 3.22. The molecule has 0 fully saturated rings. The van der Waals surface area contributed by atoms with E-state index in [4.69, 9.17) is 4.74 Å². The Hall–Kier alpha value is -1.81. The minimum atomic E-state index is -0.187. The van der Waals surface area contributed by atoms with Gasteiger partial charge in [0.2, 0.25) is 0 Å². The molecule has 1 aliphatic carbocycles. The van der Waals surface area contributed by atoms with Crippen molar-refractivity contribution in [3.05, 3.63) is 51.4 Å². The van der Waals surface area contributed by atoms with Crippen LogP contribution in [0.2, 0.25) is 0 Å². The van der Waals surface area contributed by atoms with Crippen LogP contribution in [-0.4, -0.2) is 12.6 Å². The highest BCUT2D eigenvalue weighted by molar-refractivity contribution is 7.16. The van der Waals surface area contributed by atoms with Crippen molar-refractivity contribution >= 4 is 22.3 Å². The molecule has 4 heteroatoms. The molecule has 1 aromatic heterocycles. The lowest BCUT2D eigenvalue weighted by molar-refractivity contribution is 0.0527. The highest BCUT2D eigenvalue weighted by atomic mass is 32.1. The van der Waals surface area contributed by atoms with Crippen LogP contribution in [0, 0.1) is 6.92 Å². The van der Waals surface area contributed by atoms with Crippen LogP contribution in [0.25, 0.3) is 0 Å². The number of hydrogen-bond donors (Lipinski definition) is 1.